The van der Waals surface area contributed by atoms with Gasteiger partial charge < -0.3 is 14.8 Å². The molecule has 1 amide bonds. The predicted octanol–water partition coefficient (Wildman–Crippen LogP) is 3.72. The van der Waals surface area contributed by atoms with Gasteiger partial charge in [0.05, 0.1) is 6.61 Å². The summed E-state index contributed by atoms with van der Waals surface area (Å²) >= 11 is 0. The minimum Gasteiger partial charge on any atom is -0.494 e. The van der Waals surface area contributed by atoms with Crippen LogP contribution in [0.4, 0.5) is 5.69 Å². The highest BCUT2D eigenvalue weighted by Gasteiger charge is 2.07. The van der Waals surface area contributed by atoms with Crippen LogP contribution in [0.1, 0.15) is 18.1 Å². The van der Waals surface area contributed by atoms with Gasteiger partial charge in [0.15, 0.2) is 6.61 Å². The molecule has 0 radical (unpaired) electrons. The molecule has 2 aromatic rings. The Kier molecular flexibility index (Phi) is 5.42. The number of carbonyl (C=O) groups is 1. The van der Waals surface area contributed by atoms with Gasteiger partial charge in [-0.05, 0) is 56.2 Å². The van der Waals surface area contributed by atoms with Gasteiger partial charge in [0.1, 0.15) is 11.5 Å². The summed E-state index contributed by atoms with van der Waals surface area (Å²) in [5.41, 5.74) is 2.77. The number of para-hydroxylation sites is 1. The first kappa shape index (κ1) is 15.9. The van der Waals surface area contributed by atoms with E-state index in [2.05, 4.69) is 5.32 Å². The number of anilines is 1. The highest BCUT2D eigenvalue weighted by molar-refractivity contribution is 5.91. The Balaban J connectivity index is 1.90. The molecular weight excluding hydrogens is 278 g/mol. The first-order chi connectivity index (χ1) is 10.6. The predicted molar refractivity (Wildman–Crippen MR) is 87.7 cm³/mol. The third-order valence-electron chi connectivity index (χ3n) is 3.21. The smallest absolute Gasteiger partial charge is 0.262 e. The maximum Gasteiger partial charge on any atom is 0.262 e. The molecule has 0 aliphatic rings. The lowest BCUT2D eigenvalue weighted by molar-refractivity contribution is -0.118. The molecule has 4 nitrogen and oxygen atoms in total. The summed E-state index contributed by atoms with van der Waals surface area (Å²) in [6, 6.07) is 13.2. The van der Waals surface area contributed by atoms with Crippen LogP contribution in [0, 0.1) is 13.8 Å². The van der Waals surface area contributed by atoms with Crippen LogP contribution < -0.4 is 14.8 Å². The molecule has 0 atom stereocenters. The van der Waals surface area contributed by atoms with Gasteiger partial charge in [0, 0.05) is 5.69 Å². The van der Waals surface area contributed by atoms with Crippen LogP contribution in [-0.2, 0) is 4.79 Å². The van der Waals surface area contributed by atoms with E-state index in [1.165, 1.54) is 0 Å². The molecule has 0 fully saturated rings. The molecule has 0 spiro atoms. The molecule has 0 bridgehead atoms. The van der Waals surface area contributed by atoms with Gasteiger partial charge in [-0.15, -0.1) is 0 Å². The summed E-state index contributed by atoms with van der Waals surface area (Å²) in [6.45, 7) is 6.47. The molecular formula is C18H21NO3. The van der Waals surface area contributed by atoms with E-state index in [1.54, 1.807) is 0 Å². The molecule has 0 saturated carbocycles. The number of hydrogen-bond donors (Lipinski definition) is 1. The van der Waals surface area contributed by atoms with Crippen molar-refractivity contribution < 1.29 is 14.3 Å². The number of rotatable bonds is 6. The standard InChI is InChI=1S/C18H21NO3/c1-4-21-16-10-8-15(9-11-16)19-17(20)12-22-18-13(2)6-5-7-14(18)3/h5-11H,4,12H2,1-3H3,(H,19,20). The van der Waals surface area contributed by atoms with Crippen molar-refractivity contribution in [1.82, 2.24) is 0 Å². The van der Waals surface area contributed by atoms with Gasteiger partial charge in [-0.3, -0.25) is 4.79 Å². The van der Waals surface area contributed by atoms with Gasteiger partial charge in [0.25, 0.3) is 5.91 Å². The summed E-state index contributed by atoms with van der Waals surface area (Å²) in [6.07, 6.45) is 0. The third-order valence-corrected chi connectivity index (χ3v) is 3.21. The van der Waals surface area contributed by atoms with Gasteiger partial charge >= 0.3 is 0 Å². The number of carbonyl (C=O) groups excluding carboxylic acids is 1. The SMILES string of the molecule is CCOc1ccc(NC(=O)COc2c(C)cccc2C)cc1. The van der Waals surface area contributed by atoms with Crippen molar-refractivity contribution in [1.29, 1.82) is 0 Å². The van der Waals surface area contributed by atoms with Crippen molar-refractivity contribution >= 4 is 11.6 Å². The first-order valence-electron chi connectivity index (χ1n) is 7.32. The Morgan fingerprint density at radius 2 is 1.64 bits per heavy atom. The van der Waals surface area contributed by atoms with Crippen molar-refractivity contribution in [2.45, 2.75) is 20.8 Å². The van der Waals surface area contributed by atoms with Gasteiger partial charge in [-0.25, -0.2) is 0 Å². The van der Waals surface area contributed by atoms with Crippen LogP contribution in [0.15, 0.2) is 42.5 Å². The van der Waals surface area contributed by atoms with Gasteiger partial charge in [-0.1, -0.05) is 18.2 Å². The lowest BCUT2D eigenvalue weighted by Crippen LogP contribution is -2.20. The molecule has 2 rings (SSSR count). The molecule has 116 valence electrons. The third kappa shape index (κ3) is 4.25. The fourth-order valence-electron chi connectivity index (χ4n) is 2.16. The normalized spacial score (nSPS) is 10.1. The van der Waals surface area contributed by atoms with Crippen LogP contribution >= 0.6 is 0 Å². The second-order valence-electron chi connectivity index (χ2n) is 5.02. The van der Waals surface area contributed by atoms with E-state index in [-0.39, 0.29) is 12.5 Å². The number of aryl methyl sites for hydroxylation is 2. The van der Waals surface area contributed by atoms with Gasteiger partial charge in [0.2, 0.25) is 0 Å². The molecule has 4 heteroatoms. The quantitative estimate of drug-likeness (QED) is 0.884. The molecule has 2 aromatic carbocycles. The maximum absolute atomic E-state index is 12.0. The minimum atomic E-state index is -0.188. The largest absolute Gasteiger partial charge is 0.494 e. The van der Waals surface area contributed by atoms with Crippen LogP contribution in [0.25, 0.3) is 0 Å². The lowest BCUT2D eigenvalue weighted by atomic mass is 10.1. The lowest BCUT2D eigenvalue weighted by Gasteiger charge is -2.12. The number of hydrogen-bond acceptors (Lipinski definition) is 3. The van der Waals surface area contributed by atoms with E-state index in [0.29, 0.717) is 6.61 Å². The number of amides is 1. The van der Waals surface area contributed by atoms with Crippen molar-refractivity contribution in [2.75, 3.05) is 18.5 Å². The highest BCUT2D eigenvalue weighted by Crippen LogP contribution is 2.22. The molecule has 0 aromatic heterocycles. The van der Waals surface area contributed by atoms with E-state index in [0.717, 1.165) is 28.3 Å². The van der Waals surface area contributed by atoms with Gasteiger partial charge in [-0.2, -0.15) is 0 Å². The van der Waals surface area contributed by atoms with Crippen molar-refractivity contribution in [3.8, 4) is 11.5 Å². The topological polar surface area (TPSA) is 47.6 Å². The molecule has 0 heterocycles. The monoisotopic (exact) mass is 299 g/mol. The Morgan fingerprint density at radius 1 is 1.00 bits per heavy atom. The molecule has 0 aliphatic heterocycles. The first-order valence-corrected chi connectivity index (χ1v) is 7.32. The highest BCUT2D eigenvalue weighted by atomic mass is 16.5. The second kappa shape index (κ2) is 7.50. The molecule has 0 aliphatic carbocycles. The zero-order chi connectivity index (χ0) is 15.9. The Morgan fingerprint density at radius 3 is 2.23 bits per heavy atom. The molecule has 0 saturated heterocycles. The zero-order valence-electron chi connectivity index (χ0n) is 13.2. The number of ether oxygens (including phenoxy) is 2. The van der Waals surface area contributed by atoms with E-state index in [9.17, 15) is 4.79 Å². The van der Waals surface area contributed by atoms with Crippen LogP contribution in [0.3, 0.4) is 0 Å². The molecule has 22 heavy (non-hydrogen) atoms. The number of nitrogens with one attached hydrogen (secondary N) is 1. The Hall–Kier alpha value is -2.49. The van der Waals surface area contributed by atoms with Crippen LogP contribution in [0.2, 0.25) is 0 Å². The summed E-state index contributed by atoms with van der Waals surface area (Å²) in [4.78, 5) is 12.0. The van der Waals surface area contributed by atoms with E-state index in [4.69, 9.17) is 9.47 Å². The zero-order valence-corrected chi connectivity index (χ0v) is 13.2. The summed E-state index contributed by atoms with van der Waals surface area (Å²) in [7, 11) is 0. The second-order valence-corrected chi connectivity index (χ2v) is 5.02. The van der Waals surface area contributed by atoms with Crippen LogP contribution in [-0.4, -0.2) is 19.1 Å². The summed E-state index contributed by atoms with van der Waals surface area (Å²) < 4.78 is 11.0. The summed E-state index contributed by atoms with van der Waals surface area (Å²) in [5.74, 6) is 1.36. The van der Waals surface area contributed by atoms with E-state index in [1.807, 2.05) is 63.2 Å². The van der Waals surface area contributed by atoms with Crippen molar-refractivity contribution in [3.63, 3.8) is 0 Å². The van der Waals surface area contributed by atoms with Crippen molar-refractivity contribution in [2.24, 2.45) is 0 Å². The minimum absolute atomic E-state index is 0.0150. The average Bonchev–Trinajstić information content (AvgIpc) is 2.49. The molecule has 0 unspecified atom stereocenters. The van der Waals surface area contributed by atoms with E-state index < -0.39 is 0 Å². The van der Waals surface area contributed by atoms with Crippen LogP contribution in [0.5, 0.6) is 11.5 Å². The van der Waals surface area contributed by atoms with Crippen molar-refractivity contribution in [3.05, 3.63) is 53.6 Å². The van der Waals surface area contributed by atoms with E-state index >= 15 is 0 Å². The fourth-order valence-corrected chi connectivity index (χ4v) is 2.16. The average molecular weight is 299 g/mol. The maximum atomic E-state index is 12.0. The Labute approximate surface area is 131 Å². The molecule has 1 N–H and O–H groups in total. The number of benzene rings is 2. The Bertz CT molecular complexity index is 615. The fraction of sp³-hybridized carbons (Fsp3) is 0.278. The summed E-state index contributed by atoms with van der Waals surface area (Å²) in [5, 5.41) is 2.80.